The molecule has 17 nitrogen and oxygen atoms in total. The van der Waals surface area contributed by atoms with Gasteiger partial charge in [-0.05, 0) is 98.2 Å². The molecule has 17 heteroatoms. The lowest BCUT2D eigenvalue weighted by Gasteiger charge is -2.63. The minimum absolute atomic E-state index is 0.0732. The minimum Gasteiger partial charge on any atom is -0.394 e. The van der Waals surface area contributed by atoms with Gasteiger partial charge in [-0.15, -0.1) is 0 Å². The van der Waals surface area contributed by atoms with Crippen LogP contribution in [0.25, 0.3) is 0 Å². The summed E-state index contributed by atoms with van der Waals surface area (Å²) in [5.74, 6) is 1.86. The summed E-state index contributed by atoms with van der Waals surface area (Å²) in [6, 6.07) is 0. The molecule has 5 saturated heterocycles. The number of fused-ring (bicyclic) bond motifs is 7. The highest BCUT2D eigenvalue weighted by atomic mass is 16.8. The Balaban J connectivity index is 0.917. The molecule has 1 spiro atoms. The van der Waals surface area contributed by atoms with E-state index in [1.165, 1.54) is 12.5 Å². The number of ether oxygens (including phenoxy) is 8. The van der Waals surface area contributed by atoms with E-state index in [1.807, 2.05) is 0 Å². The minimum atomic E-state index is -1.71. The topological polar surface area (TPSA) is 256 Å². The smallest absolute Gasteiger partial charge is 0.187 e. The quantitative estimate of drug-likeness (QED) is 0.151. The van der Waals surface area contributed by atoms with Crippen LogP contribution < -0.4 is 0 Å². The fraction of sp³-hybridized carbons (Fsp3) is 0.957. The van der Waals surface area contributed by atoms with Crippen LogP contribution in [0, 0.1) is 45.8 Å². The van der Waals surface area contributed by atoms with Crippen molar-refractivity contribution in [3.8, 4) is 0 Å². The molecule has 26 unspecified atom stereocenters. The third-order valence-corrected chi connectivity index (χ3v) is 18.2. The van der Waals surface area contributed by atoms with Crippen LogP contribution in [0.15, 0.2) is 11.6 Å². The maximum atomic E-state index is 11.6. The molecular weight excluding hydrogens is 824 g/mol. The second-order valence-corrected chi connectivity index (χ2v) is 21.8. The summed E-state index contributed by atoms with van der Waals surface area (Å²) in [6.45, 7) is 13.2. The van der Waals surface area contributed by atoms with Crippen LogP contribution in [-0.2, 0) is 37.9 Å². The second kappa shape index (κ2) is 17.2. The molecule has 9 N–H and O–H groups in total. The number of allylic oxidation sites excluding steroid dienone is 1. The highest BCUT2D eigenvalue weighted by Crippen LogP contribution is 2.74. The summed E-state index contributed by atoms with van der Waals surface area (Å²) in [7, 11) is 0. The molecule has 8 fully saturated rings. The molecule has 0 amide bonds. The van der Waals surface area contributed by atoms with Crippen LogP contribution in [-0.4, -0.2) is 176 Å². The number of hydrogen-bond donors (Lipinski definition) is 9. The summed E-state index contributed by atoms with van der Waals surface area (Å²) in [6.07, 6.45) is -11.7. The Kier molecular flexibility index (Phi) is 12.9. The van der Waals surface area contributed by atoms with Crippen molar-refractivity contribution in [1.82, 2.24) is 0 Å². The molecule has 63 heavy (non-hydrogen) atoms. The monoisotopic (exact) mass is 898 g/mol. The van der Waals surface area contributed by atoms with E-state index in [4.69, 9.17) is 37.9 Å². The number of rotatable bonds is 8. The standard InChI is InChI=1S/C46H74O17/c1-20-7-14-46(57-18-20)21(2)30-25(63-46)16-29-44(5)11-8-23-15-24(9-12-43(23,4)28(44)10-13-45(29,30)6)59-42-39(62-41-38(55)34(51)31(48)22(3)58-41)36(53)33(50)27(61-42)19-56-40-37(54)35(52)32(49)26(17-47)60-40/h8,20-22,24-42,47-55H,7,9-19H2,1-6H3. The van der Waals surface area contributed by atoms with Gasteiger partial charge in [-0.3, -0.25) is 0 Å². The van der Waals surface area contributed by atoms with E-state index in [9.17, 15) is 46.0 Å². The van der Waals surface area contributed by atoms with Crippen LogP contribution in [0.5, 0.6) is 0 Å². The fourth-order valence-electron chi connectivity index (χ4n) is 14.6. The summed E-state index contributed by atoms with van der Waals surface area (Å²) in [5.41, 5.74) is 1.48. The van der Waals surface area contributed by atoms with Gasteiger partial charge in [-0.1, -0.05) is 46.3 Å². The number of aliphatic hydroxyl groups is 9. The molecule has 9 rings (SSSR count). The van der Waals surface area contributed by atoms with Gasteiger partial charge in [0.1, 0.15) is 67.1 Å². The number of aliphatic hydroxyl groups excluding tert-OH is 9. The van der Waals surface area contributed by atoms with Gasteiger partial charge in [0.05, 0.1) is 38.1 Å². The summed E-state index contributed by atoms with van der Waals surface area (Å²) in [5, 5.41) is 95.5. The molecule has 5 heterocycles. The van der Waals surface area contributed by atoms with Crippen molar-refractivity contribution in [3.05, 3.63) is 11.6 Å². The van der Waals surface area contributed by atoms with Gasteiger partial charge in [-0.25, -0.2) is 0 Å². The molecule has 0 radical (unpaired) electrons. The van der Waals surface area contributed by atoms with E-state index in [0.717, 1.165) is 51.6 Å². The third-order valence-electron chi connectivity index (χ3n) is 18.2. The van der Waals surface area contributed by atoms with Gasteiger partial charge < -0.3 is 83.9 Å². The van der Waals surface area contributed by atoms with E-state index < -0.39 is 117 Å². The lowest BCUT2D eigenvalue weighted by molar-refractivity contribution is -0.375. The molecule has 0 bridgehead atoms. The first-order valence-corrected chi connectivity index (χ1v) is 23.7. The van der Waals surface area contributed by atoms with Crippen molar-refractivity contribution >= 4 is 0 Å². The zero-order chi connectivity index (χ0) is 45.1. The van der Waals surface area contributed by atoms with Crippen LogP contribution in [0.1, 0.15) is 99.3 Å². The Morgan fingerprint density at radius 3 is 2.10 bits per heavy atom. The van der Waals surface area contributed by atoms with Crippen LogP contribution in [0.4, 0.5) is 0 Å². The third kappa shape index (κ3) is 7.63. The normalized spacial score (nSPS) is 58.1. The van der Waals surface area contributed by atoms with Gasteiger partial charge in [0.2, 0.25) is 0 Å². The zero-order valence-corrected chi connectivity index (χ0v) is 37.6. The van der Waals surface area contributed by atoms with E-state index in [1.54, 1.807) is 0 Å². The van der Waals surface area contributed by atoms with Crippen molar-refractivity contribution in [2.45, 2.75) is 209 Å². The summed E-state index contributed by atoms with van der Waals surface area (Å²) in [4.78, 5) is 0. The van der Waals surface area contributed by atoms with Crippen LogP contribution in [0.2, 0.25) is 0 Å². The zero-order valence-electron chi connectivity index (χ0n) is 37.6. The predicted octanol–water partition coefficient (Wildman–Crippen LogP) is 0.604. The van der Waals surface area contributed by atoms with Crippen LogP contribution in [0.3, 0.4) is 0 Å². The van der Waals surface area contributed by atoms with Crippen molar-refractivity contribution in [2.24, 2.45) is 45.8 Å². The Bertz CT molecular complexity index is 1660. The average molecular weight is 899 g/mol. The average Bonchev–Trinajstić information content (AvgIpc) is 3.71. The Labute approximate surface area is 369 Å². The van der Waals surface area contributed by atoms with Crippen LogP contribution >= 0.6 is 0 Å². The Morgan fingerprint density at radius 1 is 0.683 bits per heavy atom. The van der Waals surface area contributed by atoms with Crippen molar-refractivity contribution in [2.75, 3.05) is 19.8 Å². The summed E-state index contributed by atoms with van der Waals surface area (Å²) >= 11 is 0. The molecule has 360 valence electrons. The molecule has 4 aliphatic carbocycles. The predicted molar refractivity (Wildman–Crippen MR) is 219 cm³/mol. The number of hydrogen-bond acceptors (Lipinski definition) is 17. The molecule has 3 saturated carbocycles. The lowest BCUT2D eigenvalue weighted by atomic mass is 9.41. The SMILES string of the molecule is CC1CCC2(OC1)OC1CC3C(C)(CCC4C5(C)CCC(OC6OC(COC7OC(CO)C(O)C(O)C7O)C(O)C(O)C6OC6OC(C)C(O)C(O)C6O)CC5=CCC43C)C1C2C. The van der Waals surface area contributed by atoms with E-state index >= 15 is 0 Å². The lowest BCUT2D eigenvalue weighted by Crippen LogP contribution is -2.65. The first kappa shape index (κ1) is 47.1. The molecule has 26 atom stereocenters. The molecule has 5 aliphatic heterocycles. The molecule has 0 aromatic rings. The van der Waals surface area contributed by atoms with Gasteiger partial charge in [-0.2, -0.15) is 0 Å². The van der Waals surface area contributed by atoms with E-state index in [0.29, 0.717) is 42.4 Å². The maximum Gasteiger partial charge on any atom is 0.187 e. The Hall–Kier alpha value is -0.940. The molecule has 0 aromatic heterocycles. The maximum absolute atomic E-state index is 11.6. The van der Waals surface area contributed by atoms with Gasteiger partial charge in [0.25, 0.3) is 0 Å². The molecular formula is C46H74O17. The molecule has 0 aromatic carbocycles. The van der Waals surface area contributed by atoms with Gasteiger partial charge in [0, 0.05) is 12.3 Å². The van der Waals surface area contributed by atoms with Gasteiger partial charge in [0.15, 0.2) is 24.7 Å². The van der Waals surface area contributed by atoms with Crippen molar-refractivity contribution < 1.29 is 83.9 Å². The fourth-order valence-corrected chi connectivity index (χ4v) is 14.6. The Morgan fingerprint density at radius 2 is 1.38 bits per heavy atom. The van der Waals surface area contributed by atoms with Crippen molar-refractivity contribution in [1.29, 1.82) is 0 Å². The first-order valence-electron chi connectivity index (χ1n) is 23.7. The largest absolute Gasteiger partial charge is 0.394 e. The molecule has 9 aliphatic rings. The first-order chi connectivity index (χ1) is 29.8. The highest BCUT2D eigenvalue weighted by Gasteiger charge is 2.71. The summed E-state index contributed by atoms with van der Waals surface area (Å²) < 4.78 is 49.6. The van der Waals surface area contributed by atoms with Crippen molar-refractivity contribution in [3.63, 3.8) is 0 Å². The van der Waals surface area contributed by atoms with E-state index in [2.05, 4.69) is 40.7 Å². The second-order valence-electron chi connectivity index (χ2n) is 21.8. The van der Waals surface area contributed by atoms with E-state index in [-0.39, 0.29) is 22.3 Å². The highest BCUT2D eigenvalue weighted by molar-refractivity contribution is 5.29. The van der Waals surface area contributed by atoms with Gasteiger partial charge >= 0.3 is 0 Å².